The Morgan fingerprint density at radius 3 is 2.79 bits per heavy atom. The predicted molar refractivity (Wildman–Crippen MR) is 86.7 cm³/mol. The molecule has 2 rings (SSSR count). The number of nitrogens with zero attached hydrogens (tertiary/aromatic N) is 2. The molecule has 0 aromatic carbocycles. The van der Waals surface area contributed by atoms with Crippen LogP contribution in [0, 0.1) is 0 Å². The topological polar surface area (TPSA) is 29.9 Å². The Bertz CT molecular complexity index is 419. The van der Waals surface area contributed by atoms with Crippen molar-refractivity contribution >= 4 is 27.7 Å². The number of nitrogens with one attached hydrogen (secondary N) is 1. The predicted octanol–water partition coefficient (Wildman–Crippen LogP) is 3.51. The molecular formula is C14H24BrN3S. The SMILES string of the molecule is CCc1nn(C)c(CNC2CCCCC2SC)c1Br. The van der Waals surface area contributed by atoms with Crippen molar-refractivity contribution in [2.24, 2.45) is 7.05 Å². The summed E-state index contributed by atoms with van der Waals surface area (Å²) in [7, 11) is 2.04. The molecule has 2 atom stereocenters. The molecule has 19 heavy (non-hydrogen) atoms. The Hall–Kier alpha value is -0.000000000000000111. The van der Waals surface area contributed by atoms with Crippen LogP contribution in [0.25, 0.3) is 0 Å². The summed E-state index contributed by atoms with van der Waals surface area (Å²) in [5.74, 6) is 0. The molecule has 108 valence electrons. The molecule has 1 aromatic rings. The zero-order chi connectivity index (χ0) is 13.8. The van der Waals surface area contributed by atoms with Crippen LogP contribution in [0.4, 0.5) is 0 Å². The van der Waals surface area contributed by atoms with E-state index in [0.29, 0.717) is 6.04 Å². The molecule has 5 heteroatoms. The number of halogens is 1. The van der Waals surface area contributed by atoms with E-state index in [1.807, 2.05) is 23.5 Å². The summed E-state index contributed by atoms with van der Waals surface area (Å²) in [6.07, 6.45) is 8.62. The van der Waals surface area contributed by atoms with Gasteiger partial charge in [-0.25, -0.2) is 0 Å². The molecule has 1 heterocycles. The van der Waals surface area contributed by atoms with Crippen LogP contribution in [0.3, 0.4) is 0 Å². The number of thioether (sulfide) groups is 1. The lowest BCUT2D eigenvalue weighted by Crippen LogP contribution is -2.40. The Kier molecular flexibility index (Phi) is 5.78. The molecule has 1 aliphatic rings. The fourth-order valence-electron chi connectivity index (χ4n) is 2.85. The van der Waals surface area contributed by atoms with Gasteiger partial charge in [0.1, 0.15) is 0 Å². The third kappa shape index (κ3) is 3.56. The highest BCUT2D eigenvalue weighted by Crippen LogP contribution is 2.28. The molecule has 0 spiro atoms. The van der Waals surface area contributed by atoms with Crippen molar-refractivity contribution < 1.29 is 0 Å². The number of hydrogen-bond acceptors (Lipinski definition) is 3. The summed E-state index contributed by atoms with van der Waals surface area (Å²) in [6.45, 7) is 3.06. The molecule has 1 fully saturated rings. The van der Waals surface area contributed by atoms with Crippen LogP contribution < -0.4 is 5.32 Å². The number of aryl methyl sites for hydroxylation is 2. The van der Waals surface area contributed by atoms with E-state index in [2.05, 4.69) is 39.5 Å². The third-order valence-electron chi connectivity index (χ3n) is 4.04. The summed E-state index contributed by atoms with van der Waals surface area (Å²) in [5, 5.41) is 9.07. The van der Waals surface area contributed by atoms with Crippen LogP contribution in [0.5, 0.6) is 0 Å². The van der Waals surface area contributed by atoms with Crippen molar-refractivity contribution in [2.75, 3.05) is 6.26 Å². The lowest BCUT2D eigenvalue weighted by Gasteiger charge is -2.31. The highest BCUT2D eigenvalue weighted by Gasteiger charge is 2.24. The van der Waals surface area contributed by atoms with Crippen LogP contribution in [-0.4, -0.2) is 27.3 Å². The van der Waals surface area contributed by atoms with Crippen molar-refractivity contribution in [2.45, 2.75) is 56.9 Å². The molecule has 1 aromatic heterocycles. The van der Waals surface area contributed by atoms with Crippen LogP contribution in [0.15, 0.2) is 4.47 Å². The minimum atomic E-state index is 0.649. The van der Waals surface area contributed by atoms with Gasteiger partial charge in [-0.1, -0.05) is 19.8 Å². The van der Waals surface area contributed by atoms with E-state index in [-0.39, 0.29) is 0 Å². The molecule has 2 unspecified atom stereocenters. The molecule has 0 bridgehead atoms. The van der Waals surface area contributed by atoms with Crippen molar-refractivity contribution in [3.8, 4) is 0 Å². The average molecular weight is 346 g/mol. The monoisotopic (exact) mass is 345 g/mol. The van der Waals surface area contributed by atoms with E-state index in [1.54, 1.807) is 0 Å². The Morgan fingerprint density at radius 2 is 2.16 bits per heavy atom. The van der Waals surface area contributed by atoms with E-state index in [4.69, 9.17) is 0 Å². The number of hydrogen-bond donors (Lipinski definition) is 1. The molecule has 0 saturated heterocycles. The summed E-state index contributed by atoms with van der Waals surface area (Å²) < 4.78 is 3.19. The molecule has 3 nitrogen and oxygen atoms in total. The molecule has 1 saturated carbocycles. The molecule has 0 aliphatic heterocycles. The van der Waals surface area contributed by atoms with Gasteiger partial charge in [0.05, 0.1) is 15.9 Å². The van der Waals surface area contributed by atoms with Crippen LogP contribution in [0.2, 0.25) is 0 Å². The van der Waals surface area contributed by atoms with Gasteiger partial charge >= 0.3 is 0 Å². The Labute approximate surface area is 129 Å². The van der Waals surface area contributed by atoms with Gasteiger partial charge < -0.3 is 5.32 Å². The summed E-state index contributed by atoms with van der Waals surface area (Å²) in [4.78, 5) is 0. The lowest BCUT2D eigenvalue weighted by atomic mass is 9.95. The zero-order valence-corrected chi connectivity index (χ0v) is 14.5. The summed E-state index contributed by atoms with van der Waals surface area (Å²) >= 11 is 5.70. The first-order valence-corrected chi connectivity index (χ1v) is 9.21. The standard InChI is InChI=1S/C14H24BrN3S/c1-4-10-14(15)12(18(2)17-10)9-16-11-7-5-6-8-13(11)19-3/h11,13,16H,4-9H2,1-3H3. The highest BCUT2D eigenvalue weighted by molar-refractivity contribution is 9.10. The first-order chi connectivity index (χ1) is 9.17. The maximum atomic E-state index is 4.56. The van der Waals surface area contributed by atoms with Gasteiger partial charge in [-0.15, -0.1) is 0 Å². The zero-order valence-electron chi connectivity index (χ0n) is 12.1. The maximum absolute atomic E-state index is 4.56. The highest BCUT2D eigenvalue weighted by atomic mass is 79.9. The van der Waals surface area contributed by atoms with Gasteiger partial charge in [0.2, 0.25) is 0 Å². The molecule has 1 aliphatic carbocycles. The van der Waals surface area contributed by atoms with Crippen molar-refractivity contribution in [3.05, 3.63) is 15.9 Å². The van der Waals surface area contributed by atoms with Crippen molar-refractivity contribution in [1.29, 1.82) is 0 Å². The smallest absolute Gasteiger partial charge is 0.0767 e. The summed E-state index contributed by atoms with van der Waals surface area (Å²) in [5.41, 5.74) is 2.42. The second-order valence-electron chi connectivity index (χ2n) is 5.23. The van der Waals surface area contributed by atoms with Gasteiger partial charge in [0.15, 0.2) is 0 Å². The largest absolute Gasteiger partial charge is 0.307 e. The van der Waals surface area contributed by atoms with Gasteiger partial charge in [-0.2, -0.15) is 16.9 Å². The second-order valence-corrected chi connectivity index (χ2v) is 7.10. The minimum Gasteiger partial charge on any atom is -0.307 e. The number of aromatic nitrogens is 2. The van der Waals surface area contributed by atoms with E-state index < -0.39 is 0 Å². The molecular weight excluding hydrogens is 322 g/mol. The quantitative estimate of drug-likeness (QED) is 0.885. The normalized spacial score (nSPS) is 23.8. The minimum absolute atomic E-state index is 0.649. The van der Waals surface area contributed by atoms with Crippen molar-refractivity contribution in [1.82, 2.24) is 15.1 Å². The molecule has 0 amide bonds. The first kappa shape index (κ1) is 15.4. The number of rotatable bonds is 5. The van der Waals surface area contributed by atoms with E-state index in [1.165, 1.54) is 35.8 Å². The average Bonchev–Trinajstić information content (AvgIpc) is 2.71. The fourth-order valence-corrected chi connectivity index (χ4v) is 4.57. The van der Waals surface area contributed by atoms with Gasteiger partial charge in [-0.3, -0.25) is 4.68 Å². The first-order valence-electron chi connectivity index (χ1n) is 7.13. The fraction of sp³-hybridized carbons (Fsp3) is 0.786. The molecule has 0 radical (unpaired) electrons. The van der Waals surface area contributed by atoms with Crippen LogP contribution >= 0.6 is 27.7 Å². The second kappa shape index (κ2) is 7.14. The van der Waals surface area contributed by atoms with Crippen molar-refractivity contribution in [3.63, 3.8) is 0 Å². The van der Waals surface area contributed by atoms with E-state index >= 15 is 0 Å². The van der Waals surface area contributed by atoms with Gasteiger partial charge in [0, 0.05) is 24.9 Å². The lowest BCUT2D eigenvalue weighted by molar-refractivity contribution is 0.379. The molecule has 1 N–H and O–H groups in total. The van der Waals surface area contributed by atoms with Crippen LogP contribution in [0.1, 0.15) is 44.0 Å². The summed E-state index contributed by atoms with van der Waals surface area (Å²) in [6, 6.07) is 0.649. The van der Waals surface area contributed by atoms with E-state index in [0.717, 1.165) is 23.9 Å². The van der Waals surface area contributed by atoms with Gasteiger partial charge in [-0.05, 0) is 41.4 Å². The van der Waals surface area contributed by atoms with E-state index in [9.17, 15) is 0 Å². The van der Waals surface area contributed by atoms with Gasteiger partial charge in [0.25, 0.3) is 0 Å². The Balaban J connectivity index is 1.99. The van der Waals surface area contributed by atoms with Crippen LogP contribution in [-0.2, 0) is 20.0 Å². The maximum Gasteiger partial charge on any atom is 0.0767 e. The Morgan fingerprint density at radius 1 is 1.42 bits per heavy atom. The third-order valence-corrected chi connectivity index (χ3v) is 6.13.